The average Bonchev–Trinajstić information content (AvgIpc) is 2.74. The van der Waals surface area contributed by atoms with Crippen molar-refractivity contribution in [3.63, 3.8) is 0 Å². The van der Waals surface area contributed by atoms with E-state index in [4.69, 9.17) is 15.2 Å². The molecule has 3 N–H and O–H groups in total. The molecular weight excluding hydrogens is 350 g/mol. The molecule has 0 atom stereocenters. The van der Waals surface area contributed by atoms with Crippen LogP contribution < -0.4 is 20.5 Å². The number of nitrogens with two attached hydrogens (primary N) is 1. The lowest BCUT2D eigenvalue weighted by Crippen LogP contribution is -2.32. The molecule has 0 unspecified atom stereocenters. The fourth-order valence-corrected chi connectivity index (χ4v) is 3.95. The van der Waals surface area contributed by atoms with Gasteiger partial charge in [-0.25, -0.2) is 0 Å². The Morgan fingerprint density at radius 2 is 1.61 bits per heavy atom. The van der Waals surface area contributed by atoms with Crippen LogP contribution in [0.2, 0.25) is 0 Å². The molecule has 1 fully saturated rings. The molecule has 0 radical (unpaired) electrons. The van der Waals surface area contributed by atoms with Gasteiger partial charge in [-0.2, -0.15) is 0 Å². The summed E-state index contributed by atoms with van der Waals surface area (Å²) in [6, 6.07) is 15.2. The van der Waals surface area contributed by atoms with E-state index in [1.165, 1.54) is 0 Å². The molecule has 2 aromatic carbocycles. The molecule has 0 saturated heterocycles. The molecule has 0 bridgehead atoms. The quantitative estimate of drug-likeness (QED) is 0.680. The van der Waals surface area contributed by atoms with Crippen LogP contribution >= 0.6 is 0 Å². The van der Waals surface area contributed by atoms with Crippen molar-refractivity contribution >= 4 is 16.6 Å². The van der Waals surface area contributed by atoms with Gasteiger partial charge in [-0.3, -0.25) is 4.98 Å². The minimum absolute atomic E-state index is 0.351. The molecule has 28 heavy (non-hydrogen) atoms. The van der Waals surface area contributed by atoms with E-state index in [2.05, 4.69) is 40.6 Å². The highest BCUT2D eigenvalue weighted by Gasteiger charge is 2.19. The van der Waals surface area contributed by atoms with Crippen molar-refractivity contribution in [2.45, 2.75) is 37.8 Å². The number of benzene rings is 2. The van der Waals surface area contributed by atoms with Crippen LogP contribution in [0, 0.1) is 0 Å². The highest BCUT2D eigenvalue weighted by Crippen LogP contribution is 2.34. The molecule has 5 heteroatoms. The van der Waals surface area contributed by atoms with Crippen molar-refractivity contribution in [2.24, 2.45) is 5.73 Å². The van der Waals surface area contributed by atoms with Gasteiger partial charge in [0.05, 0.1) is 19.7 Å². The van der Waals surface area contributed by atoms with E-state index < -0.39 is 0 Å². The topological polar surface area (TPSA) is 69.4 Å². The molecule has 3 aromatic rings. The SMILES string of the molecule is COc1ccc(-c2ccc3nccc(NC4CCC(N)CC4)c3c2)cc1OC. The second-order valence-electron chi connectivity index (χ2n) is 7.42. The average molecular weight is 377 g/mol. The first-order valence-electron chi connectivity index (χ1n) is 9.81. The third kappa shape index (κ3) is 3.76. The molecule has 0 spiro atoms. The molecule has 1 aromatic heterocycles. The van der Waals surface area contributed by atoms with Gasteiger partial charge in [-0.1, -0.05) is 12.1 Å². The van der Waals surface area contributed by atoms with Crippen LogP contribution in [0.15, 0.2) is 48.7 Å². The van der Waals surface area contributed by atoms with Crippen LogP contribution in [0.5, 0.6) is 11.5 Å². The van der Waals surface area contributed by atoms with Gasteiger partial charge in [-0.05, 0) is 67.1 Å². The Morgan fingerprint density at radius 1 is 0.893 bits per heavy atom. The summed E-state index contributed by atoms with van der Waals surface area (Å²) in [6.07, 6.45) is 6.26. The third-order valence-electron chi connectivity index (χ3n) is 5.59. The Kier molecular flexibility index (Phi) is 5.35. The molecule has 0 amide bonds. The van der Waals surface area contributed by atoms with Crippen molar-refractivity contribution < 1.29 is 9.47 Å². The number of ether oxygens (including phenoxy) is 2. The number of methoxy groups -OCH3 is 2. The second kappa shape index (κ2) is 8.07. The molecule has 5 nitrogen and oxygen atoms in total. The largest absolute Gasteiger partial charge is 0.493 e. The van der Waals surface area contributed by atoms with Crippen molar-refractivity contribution in [3.8, 4) is 22.6 Å². The number of aromatic nitrogens is 1. The summed E-state index contributed by atoms with van der Waals surface area (Å²) in [5.41, 5.74) is 10.4. The van der Waals surface area contributed by atoms with Gasteiger partial charge in [0.25, 0.3) is 0 Å². The normalized spacial score (nSPS) is 19.4. The third-order valence-corrected chi connectivity index (χ3v) is 5.59. The van der Waals surface area contributed by atoms with Crippen molar-refractivity contribution in [1.82, 2.24) is 4.98 Å². The monoisotopic (exact) mass is 377 g/mol. The summed E-state index contributed by atoms with van der Waals surface area (Å²) in [5, 5.41) is 4.85. The Labute approximate surface area is 165 Å². The zero-order chi connectivity index (χ0) is 19.5. The fraction of sp³-hybridized carbons (Fsp3) is 0.348. The maximum Gasteiger partial charge on any atom is 0.161 e. The van der Waals surface area contributed by atoms with E-state index in [-0.39, 0.29) is 0 Å². The van der Waals surface area contributed by atoms with Gasteiger partial charge in [-0.15, -0.1) is 0 Å². The van der Waals surface area contributed by atoms with Gasteiger partial charge in [0.2, 0.25) is 0 Å². The van der Waals surface area contributed by atoms with Gasteiger partial charge in [0.15, 0.2) is 11.5 Å². The lowest BCUT2D eigenvalue weighted by atomic mass is 9.91. The molecule has 1 aliphatic rings. The van der Waals surface area contributed by atoms with Crippen molar-refractivity contribution in [3.05, 3.63) is 48.7 Å². The Hall–Kier alpha value is -2.79. The van der Waals surface area contributed by atoms with Gasteiger partial charge in [0, 0.05) is 29.4 Å². The fourth-order valence-electron chi connectivity index (χ4n) is 3.95. The van der Waals surface area contributed by atoms with E-state index >= 15 is 0 Å². The number of fused-ring (bicyclic) bond motifs is 1. The smallest absolute Gasteiger partial charge is 0.161 e. The number of pyridine rings is 1. The van der Waals surface area contributed by atoms with Crippen LogP contribution in [0.1, 0.15) is 25.7 Å². The molecule has 1 saturated carbocycles. The maximum atomic E-state index is 6.05. The molecule has 1 aliphatic carbocycles. The number of nitrogens with zero attached hydrogens (tertiary/aromatic N) is 1. The summed E-state index contributed by atoms with van der Waals surface area (Å²) >= 11 is 0. The highest BCUT2D eigenvalue weighted by atomic mass is 16.5. The van der Waals surface area contributed by atoms with Crippen LogP contribution in [-0.2, 0) is 0 Å². The van der Waals surface area contributed by atoms with E-state index in [1.807, 2.05) is 18.3 Å². The zero-order valence-electron chi connectivity index (χ0n) is 16.4. The standard InChI is InChI=1S/C23H27N3O2/c1-27-22-10-4-16(14-23(22)28-2)15-3-9-20-19(13-15)21(11-12-25-20)26-18-7-5-17(24)6-8-18/h3-4,9-14,17-18H,5-8,24H2,1-2H3,(H,25,26). The minimum Gasteiger partial charge on any atom is -0.493 e. The number of hydrogen-bond donors (Lipinski definition) is 2. The summed E-state index contributed by atoms with van der Waals surface area (Å²) in [6.45, 7) is 0. The maximum absolute atomic E-state index is 6.05. The van der Waals surface area contributed by atoms with Gasteiger partial charge >= 0.3 is 0 Å². The molecule has 4 rings (SSSR count). The summed E-state index contributed by atoms with van der Waals surface area (Å²) in [4.78, 5) is 4.54. The summed E-state index contributed by atoms with van der Waals surface area (Å²) in [5.74, 6) is 1.45. The first kappa shape index (κ1) is 18.6. The van der Waals surface area contributed by atoms with Crippen molar-refractivity contribution in [1.29, 1.82) is 0 Å². The predicted octanol–water partition coefficient (Wildman–Crippen LogP) is 4.60. The molecule has 146 valence electrons. The summed E-state index contributed by atoms with van der Waals surface area (Å²) < 4.78 is 10.8. The van der Waals surface area contributed by atoms with Gasteiger partial charge < -0.3 is 20.5 Å². The van der Waals surface area contributed by atoms with E-state index in [0.29, 0.717) is 12.1 Å². The van der Waals surface area contributed by atoms with E-state index in [9.17, 15) is 0 Å². The number of nitrogens with one attached hydrogen (secondary N) is 1. The van der Waals surface area contributed by atoms with Crippen LogP contribution in [-0.4, -0.2) is 31.3 Å². The lowest BCUT2D eigenvalue weighted by molar-refractivity contribution is 0.355. The first-order chi connectivity index (χ1) is 13.7. The second-order valence-corrected chi connectivity index (χ2v) is 7.42. The minimum atomic E-state index is 0.351. The van der Waals surface area contributed by atoms with E-state index in [0.717, 1.165) is 64.9 Å². The Morgan fingerprint density at radius 3 is 2.36 bits per heavy atom. The number of hydrogen-bond acceptors (Lipinski definition) is 5. The van der Waals surface area contributed by atoms with Crippen LogP contribution in [0.3, 0.4) is 0 Å². The Bertz CT molecular complexity index is 965. The molecule has 1 heterocycles. The highest BCUT2D eigenvalue weighted by molar-refractivity contribution is 5.94. The molecular formula is C23H27N3O2. The number of anilines is 1. The van der Waals surface area contributed by atoms with Crippen LogP contribution in [0.25, 0.3) is 22.0 Å². The Balaban J connectivity index is 1.68. The number of rotatable bonds is 5. The summed E-state index contributed by atoms with van der Waals surface area (Å²) in [7, 11) is 3.30. The predicted molar refractivity (Wildman–Crippen MR) is 114 cm³/mol. The van der Waals surface area contributed by atoms with Crippen molar-refractivity contribution in [2.75, 3.05) is 19.5 Å². The van der Waals surface area contributed by atoms with Gasteiger partial charge in [0.1, 0.15) is 0 Å². The first-order valence-corrected chi connectivity index (χ1v) is 9.81. The lowest BCUT2D eigenvalue weighted by Gasteiger charge is -2.28. The van der Waals surface area contributed by atoms with E-state index in [1.54, 1.807) is 14.2 Å². The zero-order valence-corrected chi connectivity index (χ0v) is 16.4. The molecule has 0 aliphatic heterocycles. The van der Waals surface area contributed by atoms with Crippen LogP contribution in [0.4, 0.5) is 5.69 Å².